The van der Waals surface area contributed by atoms with Crippen molar-refractivity contribution in [2.45, 2.75) is 5.33 Å². The van der Waals surface area contributed by atoms with Gasteiger partial charge in [0.25, 0.3) is 0 Å². The molecule has 0 fully saturated rings. The number of hydrogen-bond acceptors (Lipinski definition) is 2. The van der Waals surface area contributed by atoms with E-state index >= 15 is 0 Å². The van der Waals surface area contributed by atoms with Crippen LogP contribution in [0.1, 0.15) is 15.9 Å². The molecule has 0 saturated carbocycles. The van der Waals surface area contributed by atoms with E-state index in [1.165, 1.54) is 19.2 Å². The van der Waals surface area contributed by atoms with Gasteiger partial charge in [-0.3, -0.25) is 0 Å². The van der Waals surface area contributed by atoms with Crippen LogP contribution in [-0.2, 0) is 10.1 Å². The van der Waals surface area contributed by atoms with Gasteiger partial charge in [0.2, 0.25) is 0 Å². The first-order chi connectivity index (χ1) is 6.61. The topological polar surface area (TPSA) is 26.3 Å². The second kappa shape index (κ2) is 4.89. The van der Waals surface area contributed by atoms with Crippen LogP contribution in [-0.4, -0.2) is 13.1 Å². The number of halogens is 3. The van der Waals surface area contributed by atoms with E-state index in [9.17, 15) is 9.18 Å². The summed E-state index contributed by atoms with van der Waals surface area (Å²) in [6.07, 6.45) is 0. The number of methoxy groups -OCH3 is 1. The van der Waals surface area contributed by atoms with E-state index < -0.39 is 11.8 Å². The molecule has 5 heteroatoms. The molecule has 1 aromatic carbocycles. The molecule has 1 rings (SSSR count). The highest BCUT2D eigenvalue weighted by Crippen LogP contribution is 2.25. The normalized spacial score (nSPS) is 10.0. The first-order valence-electron chi connectivity index (χ1n) is 3.73. The maximum atomic E-state index is 13.3. The van der Waals surface area contributed by atoms with E-state index in [1.54, 1.807) is 0 Å². The van der Waals surface area contributed by atoms with Gasteiger partial charge in [0.05, 0.1) is 12.7 Å². The van der Waals surface area contributed by atoms with Gasteiger partial charge in [-0.1, -0.05) is 15.9 Å². The lowest BCUT2D eigenvalue weighted by atomic mass is 10.1. The minimum Gasteiger partial charge on any atom is -0.465 e. The van der Waals surface area contributed by atoms with Crippen molar-refractivity contribution < 1.29 is 13.9 Å². The van der Waals surface area contributed by atoms with Crippen molar-refractivity contribution >= 4 is 37.8 Å². The third-order valence-electron chi connectivity index (χ3n) is 1.73. The molecule has 0 unspecified atom stereocenters. The van der Waals surface area contributed by atoms with Crippen LogP contribution >= 0.6 is 31.9 Å². The van der Waals surface area contributed by atoms with Gasteiger partial charge < -0.3 is 4.74 Å². The van der Waals surface area contributed by atoms with Crippen LogP contribution in [0.5, 0.6) is 0 Å². The maximum absolute atomic E-state index is 13.3. The Hall–Kier alpha value is -0.420. The molecular weight excluding hydrogens is 319 g/mol. The first-order valence-corrected chi connectivity index (χ1v) is 5.64. The summed E-state index contributed by atoms with van der Waals surface area (Å²) in [6.45, 7) is 0. The van der Waals surface area contributed by atoms with Crippen molar-refractivity contribution in [1.29, 1.82) is 0 Å². The van der Waals surface area contributed by atoms with E-state index in [0.717, 1.165) is 0 Å². The van der Waals surface area contributed by atoms with Gasteiger partial charge in [-0.15, -0.1) is 0 Å². The van der Waals surface area contributed by atoms with E-state index in [4.69, 9.17) is 0 Å². The van der Waals surface area contributed by atoms with Gasteiger partial charge in [-0.25, -0.2) is 9.18 Å². The minimum atomic E-state index is -0.550. The highest BCUT2D eigenvalue weighted by Gasteiger charge is 2.18. The third kappa shape index (κ3) is 2.15. The summed E-state index contributed by atoms with van der Waals surface area (Å²) in [7, 11) is 1.26. The third-order valence-corrected chi connectivity index (χ3v) is 2.95. The molecule has 0 amide bonds. The van der Waals surface area contributed by atoms with Crippen LogP contribution in [0.2, 0.25) is 0 Å². The molecule has 0 saturated heterocycles. The fraction of sp³-hybridized carbons (Fsp3) is 0.222. The van der Waals surface area contributed by atoms with Crippen LogP contribution in [0.3, 0.4) is 0 Å². The van der Waals surface area contributed by atoms with E-state index in [0.29, 0.717) is 10.0 Å². The van der Waals surface area contributed by atoms with Crippen LogP contribution in [0.15, 0.2) is 16.6 Å². The van der Waals surface area contributed by atoms with E-state index in [2.05, 4.69) is 36.6 Å². The standard InChI is InChI=1S/C9H7Br2FO2/c1-14-9(13)8-5(4-10)7(12)3-2-6(8)11/h2-3H,4H2,1H3. The predicted octanol–water partition coefficient (Wildman–Crippen LogP) is 3.27. The Morgan fingerprint density at radius 2 is 2.21 bits per heavy atom. The average molecular weight is 326 g/mol. The molecule has 0 aliphatic carbocycles. The molecule has 0 bridgehead atoms. The summed E-state index contributed by atoms with van der Waals surface area (Å²) < 4.78 is 18.4. The number of esters is 1. The lowest BCUT2D eigenvalue weighted by Gasteiger charge is -2.08. The molecule has 0 aliphatic rings. The fourth-order valence-electron chi connectivity index (χ4n) is 1.05. The van der Waals surface area contributed by atoms with Gasteiger partial charge >= 0.3 is 5.97 Å². The molecule has 14 heavy (non-hydrogen) atoms. The molecular formula is C9H7Br2FO2. The fourth-order valence-corrected chi connectivity index (χ4v) is 2.13. The Morgan fingerprint density at radius 3 is 2.71 bits per heavy atom. The summed E-state index contributed by atoms with van der Waals surface area (Å²) in [5, 5.41) is 0.267. The maximum Gasteiger partial charge on any atom is 0.339 e. The zero-order chi connectivity index (χ0) is 10.7. The number of hydrogen-bond donors (Lipinski definition) is 0. The van der Waals surface area contributed by atoms with Crippen molar-refractivity contribution in [2.24, 2.45) is 0 Å². The van der Waals surface area contributed by atoms with Gasteiger partial charge in [-0.2, -0.15) is 0 Å². The van der Waals surface area contributed by atoms with Crippen molar-refractivity contribution in [3.63, 3.8) is 0 Å². The Labute approximate surface area is 97.7 Å². The lowest BCUT2D eigenvalue weighted by molar-refractivity contribution is 0.0598. The zero-order valence-corrected chi connectivity index (χ0v) is 10.5. The second-order valence-corrected chi connectivity index (χ2v) is 3.92. The SMILES string of the molecule is COC(=O)c1c(Br)ccc(F)c1CBr. The number of ether oxygens (including phenoxy) is 1. The molecule has 0 aromatic heterocycles. The summed E-state index contributed by atoms with van der Waals surface area (Å²) in [6, 6.07) is 2.78. The van der Waals surface area contributed by atoms with Crippen molar-refractivity contribution in [2.75, 3.05) is 7.11 Å². The summed E-state index contributed by atoms with van der Waals surface area (Å²) in [5.41, 5.74) is 0.524. The second-order valence-electron chi connectivity index (χ2n) is 2.51. The van der Waals surface area contributed by atoms with Crippen LogP contribution in [0.4, 0.5) is 4.39 Å². The number of carbonyl (C=O) groups is 1. The van der Waals surface area contributed by atoms with Crippen LogP contribution in [0.25, 0.3) is 0 Å². The average Bonchev–Trinajstić information content (AvgIpc) is 2.19. The van der Waals surface area contributed by atoms with E-state index in [-0.39, 0.29) is 10.9 Å². The monoisotopic (exact) mass is 324 g/mol. The molecule has 2 nitrogen and oxygen atoms in total. The van der Waals surface area contributed by atoms with Crippen molar-refractivity contribution in [3.8, 4) is 0 Å². The van der Waals surface area contributed by atoms with Gasteiger partial charge in [0.15, 0.2) is 0 Å². The highest BCUT2D eigenvalue weighted by atomic mass is 79.9. The molecule has 76 valence electrons. The summed E-state index contributed by atoms with van der Waals surface area (Å²) in [4.78, 5) is 11.3. The van der Waals surface area contributed by atoms with Crippen LogP contribution in [0, 0.1) is 5.82 Å². The Kier molecular flexibility index (Phi) is 4.07. The number of benzene rings is 1. The Bertz CT molecular complexity index is 366. The molecule has 0 aliphatic heterocycles. The molecule has 0 spiro atoms. The quantitative estimate of drug-likeness (QED) is 0.616. The molecule has 0 atom stereocenters. The van der Waals surface area contributed by atoms with E-state index in [1.807, 2.05) is 0 Å². The summed E-state index contributed by atoms with van der Waals surface area (Å²) >= 11 is 6.30. The Morgan fingerprint density at radius 1 is 1.57 bits per heavy atom. The van der Waals surface area contributed by atoms with Gasteiger partial charge in [0.1, 0.15) is 5.82 Å². The van der Waals surface area contributed by atoms with Crippen molar-refractivity contribution in [3.05, 3.63) is 33.5 Å². The lowest BCUT2D eigenvalue weighted by Crippen LogP contribution is -2.07. The van der Waals surface area contributed by atoms with Gasteiger partial charge in [-0.05, 0) is 28.1 Å². The Balaban J connectivity index is 3.37. The zero-order valence-electron chi connectivity index (χ0n) is 7.31. The highest BCUT2D eigenvalue weighted by molar-refractivity contribution is 9.10. The predicted molar refractivity (Wildman–Crippen MR) is 58.1 cm³/mol. The smallest absolute Gasteiger partial charge is 0.339 e. The molecule has 0 radical (unpaired) electrons. The molecule has 0 N–H and O–H groups in total. The number of alkyl halides is 1. The first kappa shape index (κ1) is 11.7. The molecule has 1 aromatic rings. The number of rotatable bonds is 2. The number of carbonyl (C=O) groups excluding carboxylic acids is 1. The minimum absolute atomic E-state index is 0.226. The van der Waals surface area contributed by atoms with Gasteiger partial charge in [0, 0.05) is 15.4 Å². The van der Waals surface area contributed by atoms with Crippen LogP contribution < -0.4 is 0 Å². The largest absolute Gasteiger partial charge is 0.465 e. The molecule has 0 heterocycles. The summed E-state index contributed by atoms with van der Waals surface area (Å²) in [5.74, 6) is -0.976. The van der Waals surface area contributed by atoms with Crippen molar-refractivity contribution in [1.82, 2.24) is 0 Å².